The second-order valence-corrected chi connectivity index (χ2v) is 7.27. The van der Waals surface area contributed by atoms with Crippen LogP contribution < -0.4 is 5.32 Å². The van der Waals surface area contributed by atoms with Crippen molar-refractivity contribution in [3.63, 3.8) is 0 Å². The van der Waals surface area contributed by atoms with Crippen LogP contribution in [-0.2, 0) is 4.79 Å². The van der Waals surface area contributed by atoms with E-state index in [4.69, 9.17) is 5.26 Å². The average Bonchev–Trinajstić information content (AvgIpc) is 3.21. The Kier molecular flexibility index (Phi) is 6.10. The third-order valence-corrected chi connectivity index (χ3v) is 5.44. The molecule has 2 aromatic carbocycles. The molecule has 0 aromatic heterocycles. The van der Waals surface area contributed by atoms with E-state index in [9.17, 15) is 9.59 Å². The summed E-state index contributed by atoms with van der Waals surface area (Å²) in [6.45, 7) is 1.85. The molecular formula is C23H25N3O2. The number of carbonyl (C=O) groups excluding carboxylic acids is 2. The Morgan fingerprint density at radius 3 is 2.25 bits per heavy atom. The first-order valence-corrected chi connectivity index (χ1v) is 9.69. The molecule has 3 rings (SSSR count). The van der Waals surface area contributed by atoms with E-state index < -0.39 is 0 Å². The van der Waals surface area contributed by atoms with Crippen molar-refractivity contribution in [2.75, 3.05) is 7.05 Å². The average molecular weight is 375 g/mol. The van der Waals surface area contributed by atoms with Crippen LogP contribution in [0, 0.1) is 11.3 Å². The van der Waals surface area contributed by atoms with Gasteiger partial charge in [-0.25, -0.2) is 0 Å². The number of nitrogens with zero attached hydrogens (tertiary/aromatic N) is 2. The van der Waals surface area contributed by atoms with Gasteiger partial charge in [-0.2, -0.15) is 5.26 Å². The topological polar surface area (TPSA) is 73.2 Å². The highest BCUT2D eigenvalue weighted by Crippen LogP contribution is 2.26. The van der Waals surface area contributed by atoms with Crippen molar-refractivity contribution in [2.24, 2.45) is 0 Å². The molecule has 5 nitrogen and oxygen atoms in total. The summed E-state index contributed by atoms with van der Waals surface area (Å²) in [5.74, 6) is 0.0665. The van der Waals surface area contributed by atoms with Crippen LogP contribution in [0.15, 0.2) is 48.5 Å². The monoisotopic (exact) mass is 375 g/mol. The van der Waals surface area contributed by atoms with Crippen LogP contribution in [0.25, 0.3) is 11.1 Å². The number of amides is 2. The number of nitriles is 1. The summed E-state index contributed by atoms with van der Waals surface area (Å²) < 4.78 is 0. The fourth-order valence-corrected chi connectivity index (χ4v) is 3.68. The van der Waals surface area contributed by atoms with E-state index in [1.54, 1.807) is 17.0 Å². The molecule has 0 saturated heterocycles. The maximum absolute atomic E-state index is 12.9. The SMILES string of the molecule is CCC(=O)N[C@H]1CCC(N(C)C(=O)c2ccc(-c3ccc(C#N)cc3)cc2)C1. The number of carbonyl (C=O) groups is 2. The van der Waals surface area contributed by atoms with Gasteiger partial charge in [0.2, 0.25) is 5.91 Å². The molecule has 0 radical (unpaired) electrons. The van der Waals surface area contributed by atoms with Crippen molar-refractivity contribution in [1.29, 1.82) is 5.26 Å². The van der Waals surface area contributed by atoms with Crippen LogP contribution in [-0.4, -0.2) is 35.8 Å². The molecule has 1 aliphatic rings. The van der Waals surface area contributed by atoms with Crippen molar-refractivity contribution < 1.29 is 9.59 Å². The molecule has 1 unspecified atom stereocenters. The number of benzene rings is 2. The Balaban J connectivity index is 1.64. The molecule has 2 atom stereocenters. The Hall–Kier alpha value is -3.13. The normalized spacial score (nSPS) is 18.3. The van der Waals surface area contributed by atoms with Gasteiger partial charge in [0.15, 0.2) is 0 Å². The lowest BCUT2D eigenvalue weighted by molar-refractivity contribution is -0.121. The third-order valence-electron chi connectivity index (χ3n) is 5.44. The molecule has 2 aromatic rings. The second-order valence-electron chi connectivity index (χ2n) is 7.27. The largest absolute Gasteiger partial charge is 0.353 e. The molecule has 2 amide bonds. The summed E-state index contributed by atoms with van der Waals surface area (Å²) in [7, 11) is 1.84. The molecule has 1 fully saturated rings. The van der Waals surface area contributed by atoms with Gasteiger partial charge in [-0.15, -0.1) is 0 Å². The quantitative estimate of drug-likeness (QED) is 0.865. The number of nitrogens with one attached hydrogen (secondary N) is 1. The first kappa shape index (κ1) is 19.6. The van der Waals surface area contributed by atoms with Crippen LogP contribution >= 0.6 is 0 Å². The fourth-order valence-electron chi connectivity index (χ4n) is 3.68. The fraction of sp³-hybridized carbons (Fsp3) is 0.348. The van der Waals surface area contributed by atoms with Gasteiger partial charge in [-0.1, -0.05) is 31.2 Å². The van der Waals surface area contributed by atoms with Crippen LogP contribution in [0.4, 0.5) is 0 Å². The molecule has 0 spiro atoms. The van der Waals surface area contributed by atoms with Crippen molar-refractivity contribution in [1.82, 2.24) is 10.2 Å². The Morgan fingerprint density at radius 1 is 1.07 bits per heavy atom. The van der Waals surface area contributed by atoms with Crippen molar-refractivity contribution in [3.8, 4) is 17.2 Å². The predicted molar refractivity (Wildman–Crippen MR) is 109 cm³/mol. The van der Waals surface area contributed by atoms with Gasteiger partial charge < -0.3 is 10.2 Å². The van der Waals surface area contributed by atoms with E-state index in [1.807, 2.05) is 50.4 Å². The summed E-state index contributed by atoms with van der Waals surface area (Å²) >= 11 is 0. The first-order valence-electron chi connectivity index (χ1n) is 9.69. The molecule has 5 heteroatoms. The van der Waals surface area contributed by atoms with Gasteiger partial charge in [-0.05, 0) is 54.7 Å². The summed E-state index contributed by atoms with van der Waals surface area (Å²) in [5.41, 5.74) is 3.30. The van der Waals surface area contributed by atoms with Gasteiger partial charge in [-0.3, -0.25) is 9.59 Å². The minimum Gasteiger partial charge on any atom is -0.353 e. The molecular weight excluding hydrogens is 350 g/mol. The Bertz CT molecular complexity index is 882. The van der Waals surface area contributed by atoms with Gasteiger partial charge in [0.25, 0.3) is 5.91 Å². The first-order chi connectivity index (χ1) is 13.5. The minimum absolute atomic E-state index is 0.00107. The maximum atomic E-state index is 12.9. The Morgan fingerprint density at radius 2 is 1.68 bits per heavy atom. The molecule has 144 valence electrons. The molecule has 1 saturated carbocycles. The van der Waals surface area contributed by atoms with E-state index in [0.29, 0.717) is 17.5 Å². The molecule has 0 heterocycles. The van der Waals surface area contributed by atoms with Gasteiger partial charge in [0.1, 0.15) is 0 Å². The highest BCUT2D eigenvalue weighted by molar-refractivity contribution is 5.94. The lowest BCUT2D eigenvalue weighted by Crippen LogP contribution is -2.38. The number of hydrogen-bond donors (Lipinski definition) is 1. The van der Waals surface area contributed by atoms with Crippen LogP contribution in [0.1, 0.15) is 48.5 Å². The molecule has 0 bridgehead atoms. The van der Waals surface area contributed by atoms with Crippen LogP contribution in [0.3, 0.4) is 0 Å². The van der Waals surface area contributed by atoms with Crippen LogP contribution in [0.2, 0.25) is 0 Å². The molecule has 0 aliphatic heterocycles. The highest BCUT2D eigenvalue weighted by atomic mass is 16.2. The van der Waals surface area contributed by atoms with E-state index in [0.717, 1.165) is 30.4 Å². The summed E-state index contributed by atoms with van der Waals surface area (Å²) in [6.07, 6.45) is 3.10. The second kappa shape index (κ2) is 8.71. The molecule has 28 heavy (non-hydrogen) atoms. The Labute approximate surface area is 166 Å². The zero-order chi connectivity index (χ0) is 20.1. The van der Waals surface area contributed by atoms with Crippen LogP contribution in [0.5, 0.6) is 0 Å². The van der Waals surface area contributed by atoms with Crippen molar-refractivity contribution in [2.45, 2.75) is 44.7 Å². The summed E-state index contributed by atoms with van der Waals surface area (Å²) in [5, 5.41) is 11.9. The van der Waals surface area contributed by atoms with E-state index in [-0.39, 0.29) is 23.9 Å². The van der Waals surface area contributed by atoms with Crippen molar-refractivity contribution in [3.05, 3.63) is 59.7 Å². The smallest absolute Gasteiger partial charge is 0.253 e. The zero-order valence-corrected chi connectivity index (χ0v) is 16.3. The zero-order valence-electron chi connectivity index (χ0n) is 16.3. The summed E-state index contributed by atoms with van der Waals surface area (Å²) in [4.78, 5) is 26.2. The molecule has 1 N–H and O–H groups in total. The standard InChI is InChI=1S/C23H25N3O2/c1-3-22(27)25-20-12-13-21(14-20)26(2)23(28)19-10-8-18(9-11-19)17-6-4-16(15-24)5-7-17/h4-11,20-21H,3,12-14H2,1-2H3,(H,25,27)/t20-,21?/m0/s1. The lowest BCUT2D eigenvalue weighted by Gasteiger charge is -2.25. The summed E-state index contributed by atoms with van der Waals surface area (Å²) in [6, 6.07) is 17.4. The number of rotatable bonds is 5. The third kappa shape index (κ3) is 4.40. The van der Waals surface area contributed by atoms with E-state index >= 15 is 0 Å². The van der Waals surface area contributed by atoms with Gasteiger partial charge in [0, 0.05) is 31.1 Å². The van der Waals surface area contributed by atoms with Crippen molar-refractivity contribution >= 4 is 11.8 Å². The molecule has 1 aliphatic carbocycles. The predicted octanol–water partition coefficient (Wildman–Crippen LogP) is 3.74. The maximum Gasteiger partial charge on any atom is 0.253 e. The van der Waals surface area contributed by atoms with Gasteiger partial charge in [0.05, 0.1) is 11.6 Å². The van der Waals surface area contributed by atoms with Gasteiger partial charge >= 0.3 is 0 Å². The van der Waals surface area contributed by atoms with E-state index in [1.165, 1.54) is 0 Å². The number of hydrogen-bond acceptors (Lipinski definition) is 3. The highest BCUT2D eigenvalue weighted by Gasteiger charge is 2.30. The lowest BCUT2D eigenvalue weighted by atomic mass is 10.0. The van der Waals surface area contributed by atoms with E-state index in [2.05, 4.69) is 11.4 Å². The minimum atomic E-state index is -0.00107.